The van der Waals surface area contributed by atoms with Crippen molar-refractivity contribution >= 4 is 45.8 Å². The lowest BCUT2D eigenvalue weighted by Gasteiger charge is -2.08. The molecule has 0 bridgehead atoms. The van der Waals surface area contributed by atoms with E-state index in [1.807, 2.05) is 61.7 Å². The Hall–Kier alpha value is -1.62. The predicted octanol–water partition coefficient (Wildman–Crippen LogP) is 3.81. The van der Waals surface area contributed by atoms with E-state index >= 15 is 0 Å². The number of fused-ring (bicyclic) bond motifs is 1. The summed E-state index contributed by atoms with van der Waals surface area (Å²) in [6.45, 7) is 0. The standard InChI is InChI=1S/C16H12INO/c1-18-15-9-5-3-7-12(15)13(16(18)19)10-11-6-2-4-8-14(11)17/h2-10H,1H3/b13-10+. The van der Waals surface area contributed by atoms with Crippen LogP contribution >= 0.6 is 22.6 Å². The topological polar surface area (TPSA) is 20.3 Å². The van der Waals surface area contributed by atoms with Gasteiger partial charge in [-0.3, -0.25) is 4.79 Å². The molecule has 0 saturated carbocycles. The van der Waals surface area contributed by atoms with Crippen molar-refractivity contribution in [2.45, 2.75) is 0 Å². The van der Waals surface area contributed by atoms with Crippen molar-refractivity contribution in [3.05, 3.63) is 63.2 Å². The zero-order chi connectivity index (χ0) is 13.4. The van der Waals surface area contributed by atoms with Crippen molar-refractivity contribution < 1.29 is 4.79 Å². The van der Waals surface area contributed by atoms with Gasteiger partial charge in [0, 0.05) is 21.8 Å². The molecule has 0 atom stereocenters. The van der Waals surface area contributed by atoms with E-state index in [1.165, 1.54) is 0 Å². The third-order valence-electron chi connectivity index (χ3n) is 3.30. The summed E-state index contributed by atoms with van der Waals surface area (Å²) in [6.07, 6.45) is 1.98. The zero-order valence-electron chi connectivity index (χ0n) is 10.4. The second-order valence-electron chi connectivity index (χ2n) is 4.46. The molecular weight excluding hydrogens is 349 g/mol. The van der Waals surface area contributed by atoms with Crippen LogP contribution in [0, 0.1) is 3.57 Å². The number of hydrogen-bond acceptors (Lipinski definition) is 1. The minimum Gasteiger partial charge on any atom is -0.311 e. The number of amides is 1. The van der Waals surface area contributed by atoms with E-state index in [1.54, 1.807) is 4.90 Å². The number of likely N-dealkylation sites (N-methyl/N-ethyl adjacent to an activating group) is 1. The second kappa shape index (κ2) is 4.81. The Bertz CT molecular complexity index is 691. The third kappa shape index (κ3) is 2.08. The smallest absolute Gasteiger partial charge is 0.258 e. The average Bonchev–Trinajstić information content (AvgIpc) is 2.67. The Labute approximate surface area is 125 Å². The van der Waals surface area contributed by atoms with Gasteiger partial charge in [0.25, 0.3) is 5.91 Å². The van der Waals surface area contributed by atoms with Gasteiger partial charge in [0.05, 0.1) is 5.69 Å². The molecule has 0 aliphatic carbocycles. The number of benzene rings is 2. The number of anilines is 1. The molecule has 0 spiro atoms. The highest BCUT2D eigenvalue weighted by Gasteiger charge is 2.28. The molecule has 94 valence electrons. The summed E-state index contributed by atoms with van der Waals surface area (Å²) in [7, 11) is 1.82. The van der Waals surface area contributed by atoms with Gasteiger partial charge in [-0.25, -0.2) is 0 Å². The van der Waals surface area contributed by atoms with Crippen LogP contribution in [0.1, 0.15) is 11.1 Å². The molecular formula is C16H12INO. The van der Waals surface area contributed by atoms with Gasteiger partial charge >= 0.3 is 0 Å². The first-order chi connectivity index (χ1) is 9.18. The maximum atomic E-state index is 12.3. The van der Waals surface area contributed by atoms with Gasteiger partial charge in [0.15, 0.2) is 0 Å². The SMILES string of the molecule is CN1C(=O)/C(=C/c2ccccc2I)c2ccccc21. The summed E-state index contributed by atoms with van der Waals surface area (Å²) in [5, 5.41) is 0. The maximum absolute atomic E-state index is 12.3. The van der Waals surface area contributed by atoms with Gasteiger partial charge in [-0.2, -0.15) is 0 Å². The predicted molar refractivity (Wildman–Crippen MR) is 86.9 cm³/mol. The quantitative estimate of drug-likeness (QED) is 0.559. The first kappa shape index (κ1) is 12.4. The monoisotopic (exact) mass is 361 g/mol. The van der Waals surface area contributed by atoms with E-state index in [2.05, 4.69) is 22.6 Å². The van der Waals surface area contributed by atoms with Crippen LogP contribution in [0.5, 0.6) is 0 Å². The zero-order valence-corrected chi connectivity index (χ0v) is 12.6. The molecule has 1 heterocycles. The highest BCUT2D eigenvalue weighted by atomic mass is 127. The van der Waals surface area contributed by atoms with Crippen LogP contribution in [-0.4, -0.2) is 13.0 Å². The van der Waals surface area contributed by atoms with E-state index in [0.717, 1.165) is 26.0 Å². The molecule has 19 heavy (non-hydrogen) atoms. The number of carbonyl (C=O) groups excluding carboxylic acids is 1. The highest BCUT2D eigenvalue weighted by Crippen LogP contribution is 2.36. The van der Waals surface area contributed by atoms with Crippen molar-refractivity contribution in [3.63, 3.8) is 0 Å². The van der Waals surface area contributed by atoms with Gasteiger partial charge in [0.1, 0.15) is 0 Å². The fourth-order valence-corrected chi connectivity index (χ4v) is 2.83. The van der Waals surface area contributed by atoms with Crippen molar-refractivity contribution in [3.8, 4) is 0 Å². The summed E-state index contributed by atoms with van der Waals surface area (Å²) >= 11 is 2.29. The molecule has 1 aliphatic heterocycles. The highest BCUT2D eigenvalue weighted by molar-refractivity contribution is 14.1. The average molecular weight is 361 g/mol. The lowest BCUT2D eigenvalue weighted by atomic mass is 10.0. The third-order valence-corrected chi connectivity index (χ3v) is 4.28. The number of hydrogen-bond donors (Lipinski definition) is 0. The molecule has 2 aromatic carbocycles. The number of halogens is 1. The molecule has 3 rings (SSSR count). The Kier molecular flexibility index (Phi) is 3.14. The molecule has 2 nitrogen and oxygen atoms in total. The molecule has 0 fully saturated rings. The first-order valence-corrected chi connectivity index (χ1v) is 7.10. The largest absolute Gasteiger partial charge is 0.311 e. The molecule has 0 radical (unpaired) electrons. The Balaban J connectivity index is 2.16. The van der Waals surface area contributed by atoms with E-state index in [4.69, 9.17) is 0 Å². The Morgan fingerprint density at radius 2 is 1.74 bits per heavy atom. The molecule has 0 aromatic heterocycles. The van der Waals surface area contributed by atoms with Crippen LogP contribution in [0.4, 0.5) is 5.69 Å². The van der Waals surface area contributed by atoms with E-state index < -0.39 is 0 Å². The Morgan fingerprint density at radius 1 is 1.05 bits per heavy atom. The van der Waals surface area contributed by atoms with Crippen molar-refractivity contribution in [1.29, 1.82) is 0 Å². The number of carbonyl (C=O) groups is 1. The second-order valence-corrected chi connectivity index (χ2v) is 5.62. The van der Waals surface area contributed by atoms with Crippen LogP contribution in [0.3, 0.4) is 0 Å². The summed E-state index contributed by atoms with van der Waals surface area (Å²) in [5.41, 5.74) is 3.83. The summed E-state index contributed by atoms with van der Waals surface area (Å²) < 4.78 is 1.15. The molecule has 2 aromatic rings. The van der Waals surface area contributed by atoms with Crippen LogP contribution in [0.2, 0.25) is 0 Å². The Morgan fingerprint density at radius 3 is 2.53 bits per heavy atom. The summed E-state index contributed by atoms with van der Waals surface area (Å²) in [5.74, 6) is 0.0563. The minimum atomic E-state index is 0.0563. The fraction of sp³-hybridized carbons (Fsp3) is 0.0625. The van der Waals surface area contributed by atoms with Crippen LogP contribution in [0.15, 0.2) is 48.5 Å². The summed E-state index contributed by atoms with van der Waals surface area (Å²) in [6, 6.07) is 16.0. The summed E-state index contributed by atoms with van der Waals surface area (Å²) in [4.78, 5) is 14.0. The minimum absolute atomic E-state index is 0.0563. The van der Waals surface area contributed by atoms with E-state index in [-0.39, 0.29) is 5.91 Å². The van der Waals surface area contributed by atoms with Crippen molar-refractivity contribution in [1.82, 2.24) is 0 Å². The number of para-hydroxylation sites is 1. The van der Waals surface area contributed by atoms with Gasteiger partial charge < -0.3 is 4.90 Å². The maximum Gasteiger partial charge on any atom is 0.258 e. The fourth-order valence-electron chi connectivity index (χ4n) is 2.29. The van der Waals surface area contributed by atoms with Crippen LogP contribution in [-0.2, 0) is 4.79 Å². The molecule has 0 N–H and O–H groups in total. The molecule has 1 amide bonds. The van der Waals surface area contributed by atoms with Gasteiger partial charge in [0.2, 0.25) is 0 Å². The number of nitrogens with zero attached hydrogens (tertiary/aromatic N) is 1. The van der Waals surface area contributed by atoms with Gasteiger partial charge in [-0.15, -0.1) is 0 Å². The van der Waals surface area contributed by atoms with Crippen molar-refractivity contribution in [2.24, 2.45) is 0 Å². The van der Waals surface area contributed by atoms with Crippen molar-refractivity contribution in [2.75, 3.05) is 11.9 Å². The molecule has 1 aliphatic rings. The molecule has 0 saturated heterocycles. The lowest BCUT2D eigenvalue weighted by molar-refractivity contribution is -0.112. The van der Waals surface area contributed by atoms with Gasteiger partial charge in [-0.1, -0.05) is 36.4 Å². The van der Waals surface area contributed by atoms with Crippen LogP contribution < -0.4 is 4.90 Å². The van der Waals surface area contributed by atoms with Crippen LogP contribution in [0.25, 0.3) is 11.6 Å². The lowest BCUT2D eigenvalue weighted by Crippen LogP contribution is -2.20. The normalized spacial score (nSPS) is 16.0. The molecule has 3 heteroatoms. The van der Waals surface area contributed by atoms with E-state index in [0.29, 0.717) is 0 Å². The molecule has 0 unspecified atom stereocenters. The van der Waals surface area contributed by atoms with E-state index in [9.17, 15) is 4.79 Å². The van der Waals surface area contributed by atoms with Gasteiger partial charge in [-0.05, 0) is 46.4 Å². The number of rotatable bonds is 1. The first-order valence-electron chi connectivity index (χ1n) is 6.02.